The highest BCUT2D eigenvalue weighted by atomic mass is 32.2. The smallest absolute Gasteiger partial charge is 0.324 e. The Morgan fingerprint density at radius 2 is 1.93 bits per heavy atom. The molecule has 1 aromatic carbocycles. The molecule has 0 spiro atoms. The number of nitrogens with zero attached hydrogens (tertiary/aromatic N) is 5. The van der Waals surface area contributed by atoms with Crippen LogP contribution in [0.15, 0.2) is 51.3 Å². The lowest BCUT2D eigenvalue weighted by molar-refractivity contribution is 0.0937. The molecule has 3 aromatic rings. The van der Waals surface area contributed by atoms with E-state index in [2.05, 4.69) is 38.8 Å². The molecular formula is C28H38N8O5S. The molecular weight excluding hydrogens is 560 g/mol. The number of furan rings is 1. The number of carbonyl (C=O) groups is 1. The lowest BCUT2D eigenvalue weighted by Crippen LogP contribution is -2.37. The maximum atomic E-state index is 13.3. The molecule has 1 amide bonds. The minimum atomic E-state index is -4.08. The van der Waals surface area contributed by atoms with E-state index in [0.29, 0.717) is 73.4 Å². The van der Waals surface area contributed by atoms with E-state index >= 15 is 0 Å². The summed E-state index contributed by atoms with van der Waals surface area (Å²) in [6.45, 7) is 6.55. The molecule has 14 heteroatoms. The van der Waals surface area contributed by atoms with Crippen molar-refractivity contribution < 1.29 is 22.4 Å². The van der Waals surface area contributed by atoms with Crippen molar-refractivity contribution in [2.45, 2.75) is 26.7 Å². The van der Waals surface area contributed by atoms with Gasteiger partial charge in [-0.2, -0.15) is 17.7 Å². The standard InChI is InChI=1S/C28H38N8O5S/c1-19(2)9-8-12-35(4)42(38,39)34-24(17-21(29)20-10-6-5-7-11-20)32-28-31-22-18-23(27(37)30-3)41-25(22)26(33-28)36-13-15-40-16-14-36/h5-7,10-11,17-19H,8-9,12-16,29H2,1-4H3,(H,30,37)(H,31,32,33,34). The first-order chi connectivity index (χ1) is 20.1. The molecule has 0 aliphatic carbocycles. The Morgan fingerprint density at radius 1 is 1.21 bits per heavy atom. The van der Waals surface area contributed by atoms with Gasteiger partial charge in [-0.25, -0.2) is 4.98 Å². The second-order valence-corrected chi connectivity index (χ2v) is 12.0. The number of nitrogens with two attached hydrogens (primary N) is 1. The summed E-state index contributed by atoms with van der Waals surface area (Å²) in [5.41, 5.74) is 8.02. The van der Waals surface area contributed by atoms with Crippen LogP contribution < -0.4 is 21.3 Å². The molecule has 1 aliphatic rings. The molecule has 0 atom stereocenters. The number of benzene rings is 1. The first-order valence-electron chi connectivity index (χ1n) is 13.8. The summed E-state index contributed by atoms with van der Waals surface area (Å²) in [4.78, 5) is 23.4. The second kappa shape index (κ2) is 13.8. The quantitative estimate of drug-likeness (QED) is 0.220. The molecule has 3 heterocycles. The number of anilines is 2. The topological polar surface area (TPSA) is 168 Å². The fourth-order valence-corrected chi connectivity index (χ4v) is 5.13. The zero-order valence-corrected chi connectivity index (χ0v) is 25.1. The normalized spacial score (nSPS) is 15.0. The van der Waals surface area contributed by atoms with Crippen LogP contribution in [-0.4, -0.2) is 81.4 Å². The Balaban J connectivity index is 1.76. The van der Waals surface area contributed by atoms with Gasteiger partial charge in [0.2, 0.25) is 5.95 Å². The number of hydrogen-bond acceptors (Lipinski definition) is 9. The number of ether oxygens (including phenoxy) is 1. The molecule has 0 saturated carbocycles. The van der Waals surface area contributed by atoms with Crippen LogP contribution in [0.3, 0.4) is 0 Å². The van der Waals surface area contributed by atoms with Crippen molar-refractivity contribution in [3.8, 4) is 0 Å². The Kier molecular flexibility index (Phi) is 10.1. The molecule has 1 fully saturated rings. The molecule has 0 radical (unpaired) electrons. The maximum absolute atomic E-state index is 13.3. The van der Waals surface area contributed by atoms with Crippen LogP contribution in [0.4, 0.5) is 11.8 Å². The molecule has 1 aliphatic heterocycles. The van der Waals surface area contributed by atoms with Crippen LogP contribution in [0.25, 0.3) is 16.8 Å². The van der Waals surface area contributed by atoms with Crippen LogP contribution >= 0.6 is 0 Å². The predicted molar refractivity (Wildman–Crippen MR) is 164 cm³/mol. The van der Waals surface area contributed by atoms with Crippen molar-refractivity contribution in [2.75, 3.05) is 57.2 Å². The minimum absolute atomic E-state index is 0.0572. The Labute approximate surface area is 246 Å². The Bertz CT molecular complexity index is 1550. The van der Waals surface area contributed by atoms with E-state index in [4.69, 9.17) is 14.9 Å². The highest BCUT2D eigenvalue weighted by molar-refractivity contribution is 7.87. The van der Waals surface area contributed by atoms with Gasteiger partial charge < -0.3 is 30.4 Å². The number of hydrogen-bond donors (Lipinski definition) is 3. The molecule has 2 aromatic heterocycles. The van der Waals surface area contributed by atoms with E-state index in [1.807, 2.05) is 23.1 Å². The van der Waals surface area contributed by atoms with Gasteiger partial charge in [-0.1, -0.05) is 44.2 Å². The summed E-state index contributed by atoms with van der Waals surface area (Å²) in [5, 5.41) is 5.49. The van der Waals surface area contributed by atoms with Gasteiger partial charge in [-0.3, -0.25) is 4.79 Å². The number of amidine groups is 1. The van der Waals surface area contributed by atoms with Crippen molar-refractivity contribution in [1.82, 2.24) is 19.6 Å². The number of rotatable bonds is 11. The molecule has 226 valence electrons. The molecule has 4 rings (SSSR count). The average molecular weight is 599 g/mol. The lowest BCUT2D eigenvalue weighted by Gasteiger charge is -2.27. The fourth-order valence-electron chi connectivity index (χ4n) is 4.29. The van der Waals surface area contributed by atoms with E-state index in [-0.39, 0.29) is 17.5 Å². The molecule has 42 heavy (non-hydrogen) atoms. The third kappa shape index (κ3) is 7.84. The largest absolute Gasteiger partial charge is 0.445 e. The van der Waals surface area contributed by atoms with Gasteiger partial charge in [0.1, 0.15) is 11.4 Å². The molecule has 0 unspecified atom stereocenters. The van der Waals surface area contributed by atoms with Crippen molar-refractivity contribution in [3.63, 3.8) is 0 Å². The monoisotopic (exact) mass is 598 g/mol. The van der Waals surface area contributed by atoms with E-state index in [9.17, 15) is 13.2 Å². The van der Waals surface area contributed by atoms with Gasteiger partial charge in [-0.15, -0.1) is 4.40 Å². The minimum Gasteiger partial charge on any atom is -0.445 e. The van der Waals surface area contributed by atoms with Crippen LogP contribution in [0, 0.1) is 5.92 Å². The van der Waals surface area contributed by atoms with E-state index in [0.717, 1.165) is 6.42 Å². The van der Waals surface area contributed by atoms with E-state index in [1.165, 1.54) is 30.5 Å². The highest BCUT2D eigenvalue weighted by Crippen LogP contribution is 2.29. The van der Waals surface area contributed by atoms with Gasteiger partial charge in [0.05, 0.1) is 13.2 Å². The predicted octanol–water partition coefficient (Wildman–Crippen LogP) is 2.84. The number of fused-ring (bicyclic) bond motifs is 1. The number of carbonyl (C=O) groups excluding carboxylic acids is 1. The molecule has 4 N–H and O–H groups in total. The van der Waals surface area contributed by atoms with Gasteiger partial charge in [-0.05, 0) is 24.3 Å². The summed E-state index contributed by atoms with van der Waals surface area (Å²) in [6.07, 6.45) is 3.02. The van der Waals surface area contributed by atoms with Gasteiger partial charge in [0.15, 0.2) is 17.2 Å². The van der Waals surface area contributed by atoms with Crippen molar-refractivity contribution in [1.29, 1.82) is 0 Å². The number of morpholine rings is 1. The first kappa shape index (κ1) is 30.9. The Morgan fingerprint density at radius 3 is 2.60 bits per heavy atom. The van der Waals surface area contributed by atoms with Gasteiger partial charge in [0, 0.05) is 51.6 Å². The fraction of sp³-hybridized carbons (Fsp3) is 0.429. The molecule has 13 nitrogen and oxygen atoms in total. The molecule has 0 bridgehead atoms. The summed E-state index contributed by atoms with van der Waals surface area (Å²) in [7, 11) is -1.09. The summed E-state index contributed by atoms with van der Waals surface area (Å²) < 4.78 is 43.2. The van der Waals surface area contributed by atoms with Crippen LogP contribution in [0.2, 0.25) is 0 Å². The van der Waals surface area contributed by atoms with Crippen LogP contribution in [-0.2, 0) is 14.9 Å². The first-order valence-corrected chi connectivity index (χ1v) is 15.2. The van der Waals surface area contributed by atoms with Gasteiger partial charge >= 0.3 is 10.2 Å². The van der Waals surface area contributed by atoms with Crippen molar-refractivity contribution >= 4 is 50.5 Å². The summed E-state index contributed by atoms with van der Waals surface area (Å²) >= 11 is 0. The van der Waals surface area contributed by atoms with E-state index in [1.54, 1.807) is 12.1 Å². The third-order valence-electron chi connectivity index (χ3n) is 6.62. The Hall–Kier alpha value is -4.01. The van der Waals surface area contributed by atoms with Crippen molar-refractivity contribution in [3.05, 3.63) is 53.8 Å². The van der Waals surface area contributed by atoms with Crippen molar-refractivity contribution in [2.24, 2.45) is 16.0 Å². The average Bonchev–Trinajstić information content (AvgIpc) is 3.41. The maximum Gasteiger partial charge on any atom is 0.324 e. The second-order valence-electron chi connectivity index (χ2n) is 10.3. The van der Waals surface area contributed by atoms with Gasteiger partial charge in [0.25, 0.3) is 5.91 Å². The molecule has 1 saturated heterocycles. The summed E-state index contributed by atoms with van der Waals surface area (Å²) in [5.74, 6) is 0.532. The van der Waals surface area contributed by atoms with Crippen LogP contribution in [0.1, 0.15) is 42.8 Å². The number of amides is 1. The zero-order valence-electron chi connectivity index (χ0n) is 24.3. The third-order valence-corrected chi connectivity index (χ3v) is 8.01. The van der Waals surface area contributed by atoms with E-state index < -0.39 is 16.1 Å². The highest BCUT2D eigenvalue weighted by Gasteiger charge is 2.24. The van der Waals surface area contributed by atoms with Crippen LogP contribution in [0.5, 0.6) is 0 Å². The number of aromatic nitrogens is 2. The lowest BCUT2D eigenvalue weighted by atomic mass is 10.1. The number of nitrogens with one attached hydrogen (secondary N) is 2. The summed E-state index contributed by atoms with van der Waals surface area (Å²) in [6, 6.07) is 10.6. The zero-order chi connectivity index (χ0) is 30.3. The SMILES string of the molecule is CNC(=O)c1cc2nc(NC(C=C(N)c3ccccc3)=NS(=O)(=O)N(C)CCCC(C)C)nc(N3CCOCC3)c2o1.